The second-order valence-corrected chi connectivity index (χ2v) is 2.97. The Hall–Kier alpha value is -0.380. The van der Waals surface area contributed by atoms with Crippen LogP contribution < -0.4 is 10.6 Å². The topological polar surface area (TPSA) is 41.1 Å². The maximum absolute atomic E-state index is 10.7. The van der Waals surface area contributed by atoms with E-state index >= 15 is 0 Å². The predicted octanol–water partition coefficient (Wildman–Crippen LogP) is 0.624. The summed E-state index contributed by atoms with van der Waals surface area (Å²) in [4.78, 5) is 10.7. The van der Waals surface area contributed by atoms with Crippen molar-refractivity contribution in [2.75, 3.05) is 13.1 Å². The van der Waals surface area contributed by atoms with E-state index in [1.54, 1.807) is 0 Å². The first-order valence-electron chi connectivity index (χ1n) is 3.36. The van der Waals surface area contributed by atoms with E-state index in [-0.39, 0.29) is 11.3 Å². The van der Waals surface area contributed by atoms with Gasteiger partial charge in [0.25, 0.3) is 0 Å². The van der Waals surface area contributed by atoms with Crippen LogP contribution in [0.2, 0.25) is 0 Å². The Balaban J connectivity index is 3.22. The van der Waals surface area contributed by atoms with Crippen molar-refractivity contribution in [3.05, 3.63) is 0 Å². The van der Waals surface area contributed by atoms with Crippen molar-refractivity contribution in [2.24, 2.45) is 0 Å². The first-order valence-corrected chi connectivity index (χ1v) is 3.88. The first kappa shape index (κ1) is 9.62. The molecule has 0 radical (unpaired) electrons. The van der Waals surface area contributed by atoms with Gasteiger partial charge in [-0.15, -0.1) is 0 Å². The monoisotopic (exact) mass is 162 g/mol. The van der Waals surface area contributed by atoms with Crippen molar-refractivity contribution in [1.29, 1.82) is 0 Å². The van der Waals surface area contributed by atoms with Crippen molar-refractivity contribution >= 4 is 18.7 Å². The van der Waals surface area contributed by atoms with Gasteiger partial charge in [-0.2, -0.15) is 12.6 Å². The molecule has 0 aromatic heterocycles. The number of carbonyl (C=O) groups is 1. The van der Waals surface area contributed by atoms with Gasteiger partial charge in [-0.3, -0.25) is 0 Å². The van der Waals surface area contributed by atoms with Gasteiger partial charge in [0.05, 0.1) is 0 Å². The summed E-state index contributed by atoms with van der Waals surface area (Å²) in [5.74, 6) is 0. The smallest absolute Gasteiger partial charge is 0.314 e. The molecule has 0 spiro atoms. The Morgan fingerprint density at radius 2 is 2.20 bits per heavy atom. The first-order chi connectivity index (χ1) is 4.66. The zero-order valence-electron chi connectivity index (χ0n) is 6.35. The molecule has 1 atom stereocenters. The highest BCUT2D eigenvalue weighted by molar-refractivity contribution is 7.80. The van der Waals surface area contributed by atoms with Crippen molar-refractivity contribution in [3.8, 4) is 0 Å². The molecule has 2 amide bonds. The number of hydrogen-bond donors (Lipinski definition) is 3. The molecule has 0 saturated heterocycles. The van der Waals surface area contributed by atoms with Gasteiger partial charge in [0.2, 0.25) is 0 Å². The third kappa shape index (κ3) is 5.75. The number of carbonyl (C=O) groups excluding carboxylic acids is 1. The molecule has 3 nitrogen and oxygen atoms in total. The summed E-state index contributed by atoms with van der Waals surface area (Å²) < 4.78 is 0. The SMILES string of the molecule is CCNC(=O)NCC(C)S. The minimum absolute atomic E-state index is 0.122. The lowest BCUT2D eigenvalue weighted by Gasteiger charge is -2.06. The molecule has 1 unspecified atom stereocenters. The van der Waals surface area contributed by atoms with Gasteiger partial charge >= 0.3 is 6.03 Å². The van der Waals surface area contributed by atoms with Crippen LogP contribution in [0.3, 0.4) is 0 Å². The Bertz CT molecular complexity index is 106. The quantitative estimate of drug-likeness (QED) is 0.523. The Morgan fingerprint density at radius 3 is 2.60 bits per heavy atom. The lowest BCUT2D eigenvalue weighted by Crippen LogP contribution is -2.37. The van der Waals surface area contributed by atoms with Crippen molar-refractivity contribution in [2.45, 2.75) is 19.1 Å². The molecule has 0 aliphatic heterocycles. The van der Waals surface area contributed by atoms with Crippen molar-refractivity contribution in [1.82, 2.24) is 10.6 Å². The molecule has 0 fully saturated rings. The van der Waals surface area contributed by atoms with Crippen LogP contribution in [-0.2, 0) is 0 Å². The van der Waals surface area contributed by atoms with Crippen LogP contribution in [0.25, 0.3) is 0 Å². The van der Waals surface area contributed by atoms with Crippen LogP contribution >= 0.6 is 12.6 Å². The fourth-order valence-corrected chi connectivity index (χ4v) is 0.555. The fourth-order valence-electron chi connectivity index (χ4n) is 0.463. The fraction of sp³-hybridized carbons (Fsp3) is 0.833. The van der Waals surface area contributed by atoms with E-state index in [1.165, 1.54) is 0 Å². The summed E-state index contributed by atoms with van der Waals surface area (Å²) in [7, 11) is 0. The molecule has 0 aromatic rings. The van der Waals surface area contributed by atoms with Crippen molar-refractivity contribution in [3.63, 3.8) is 0 Å². The van der Waals surface area contributed by atoms with Gasteiger partial charge in [-0.05, 0) is 6.92 Å². The molecule has 4 heteroatoms. The lowest BCUT2D eigenvalue weighted by atomic mass is 10.5. The van der Waals surface area contributed by atoms with Crippen LogP contribution in [0.4, 0.5) is 4.79 Å². The number of nitrogens with one attached hydrogen (secondary N) is 2. The van der Waals surface area contributed by atoms with Gasteiger partial charge in [0, 0.05) is 18.3 Å². The molecule has 2 N–H and O–H groups in total. The van der Waals surface area contributed by atoms with E-state index in [0.29, 0.717) is 13.1 Å². The molecule has 0 aliphatic carbocycles. The maximum atomic E-state index is 10.7. The summed E-state index contributed by atoms with van der Waals surface area (Å²) in [5, 5.41) is 5.48. The number of hydrogen-bond acceptors (Lipinski definition) is 2. The number of urea groups is 1. The summed E-state index contributed by atoms with van der Waals surface area (Å²) >= 11 is 4.10. The Kier molecular flexibility index (Phi) is 5.20. The molecule has 0 heterocycles. The van der Waals surface area contributed by atoms with Crippen LogP contribution in [0, 0.1) is 0 Å². The molecule has 10 heavy (non-hydrogen) atoms. The third-order valence-electron chi connectivity index (χ3n) is 0.895. The summed E-state index contributed by atoms with van der Waals surface area (Å²) in [5.41, 5.74) is 0. The molecular weight excluding hydrogens is 148 g/mol. The minimum atomic E-state index is -0.122. The van der Waals surface area contributed by atoms with E-state index in [2.05, 4.69) is 23.3 Å². The van der Waals surface area contributed by atoms with Gasteiger partial charge < -0.3 is 10.6 Å². The Labute approximate surface area is 67.0 Å². The van der Waals surface area contributed by atoms with E-state index in [4.69, 9.17) is 0 Å². The third-order valence-corrected chi connectivity index (χ3v) is 1.08. The second-order valence-electron chi connectivity index (χ2n) is 2.09. The summed E-state index contributed by atoms with van der Waals surface area (Å²) in [6, 6.07) is -0.122. The van der Waals surface area contributed by atoms with Gasteiger partial charge in [-0.1, -0.05) is 6.92 Å². The molecule has 0 rings (SSSR count). The van der Waals surface area contributed by atoms with Crippen LogP contribution in [0.15, 0.2) is 0 Å². The molecular formula is C6H14N2OS. The predicted molar refractivity (Wildman–Crippen MR) is 45.5 cm³/mol. The number of amides is 2. The summed E-state index contributed by atoms with van der Waals surface area (Å²) in [6.45, 7) is 5.07. The highest BCUT2D eigenvalue weighted by atomic mass is 32.1. The number of thiol groups is 1. The van der Waals surface area contributed by atoms with Crippen molar-refractivity contribution < 1.29 is 4.79 Å². The van der Waals surface area contributed by atoms with Crippen LogP contribution in [0.1, 0.15) is 13.8 Å². The average molecular weight is 162 g/mol. The number of rotatable bonds is 3. The van der Waals surface area contributed by atoms with Crippen LogP contribution in [0.5, 0.6) is 0 Å². The normalized spacial score (nSPS) is 12.3. The second kappa shape index (κ2) is 5.41. The van der Waals surface area contributed by atoms with E-state index in [1.807, 2.05) is 13.8 Å². The molecule has 0 aromatic carbocycles. The molecule has 0 aliphatic rings. The van der Waals surface area contributed by atoms with Crippen LogP contribution in [-0.4, -0.2) is 24.4 Å². The Morgan fingerprint density at radius 1 is 1.60 bits per heavy atom. The lowest BCUT2D eigenvalue weighted by molar-refractivity contribution is 0.241. The molecule has 60 valence electrons. The average Bonchev–Trinajstić information content (AvgIpc) is 1.85. The summed E-state index contributed by atoms with van der Waals surface area (Å²) in [6.07, 6.45) is 0. The zero-order valence-corrected chi connectivity index (χ0v) is 7.24. The zero-order chi connectivity index (χ0) is 7.98. The maximum Gasteiger partial charge on any atom is 0.314 e. The molecule has 0 bridgehead atoms. The minimum Gasteiger partial charge on any atom is -0.338 e. The highest BCUT2D eigenvalue weighted by Crippen LogP contribution is 1.87. The van der Waals surface area contributed by atoms with Gasteiger partial charge in [-0.25, -0.2) is 4.79 Å². The van der Waals surface area contributed by atoms with Gasteiger partial charge in [0.15, 0.2) is 0 Å². The van der Waals surface area contributed by atoms with Gasteiger partial charge in [0.1, 0.15) is 0 Å². The van der Waals surface area contributed by atoms with E-state index in [0.717, 1.165) is 0 Å². The highest BCUT2D eigenvalue weighted by Gasteiger charge is 1.97. The van der Waals surface area contributed by atoms with E-state index in [9.17, 15) is 4.79 Å². The largest absolute Gasteiger partial charge is 0.338 e. The molecule has 0 saturated carbocycles. The standard InChI is InChI=1S/C6H14N2OS/c1-3-7-6(9)8-4-5(2)10/h5,10H,3-4H2,1-2H3,(H2,7,8,9). The van der Waals surface area contributed by atoms with E-state index < -0.39 is 0 Å².